The molecule has 23 heavy (non-hydrogen) atoms. The first-order chi connectivity index (χ1) is 11.1. The van der Waals surface area contributed by atoms with E-state index in [4.69, 9.17) is 5.73 Å². The van der Waals surface area contributed by atoms with Gasteiger partial charge in [-0.2, -0.15) is 0 Å². The smallest absolute Gasteiger partial charge is 0.223 e. The third kappa shape index (κ3) is 3.47. The van der Waals surface area contributed by atoms with Crippen molar-refractivity contribution in [1.82, 2.24) is 4.90 Å². The average Bonchev–Trinajstić information content (AvgIpc) is 3.15. The van der Waals surface area contributed by atoms with E-state index in [2.05, 4.69) is 6.92 Å². The highest BCUT2D eigenvalue weighted by molar-refractivity contribution is 5.98. The standard InChI is InChI=1S/C19H26N2O2/c1-2-13-3-5-14(6-4-13)18(22)9-10-19(23)21-11-15-7-8-17(20)16(15)12-21/h3-6,15-17H,2,7-12,20H2,1H3. The number of nitrogens with two attached hydrogens (primary N) is 1. The second-order valence-corrected chi connectivity index (χ2v) is 6.94. The SMILES string of the molecule is CCc1ccc(C(=O)CCC(=O)N2CC3CCC(N)C3C2)cc1. The zero-order valence-electron chi connectivity index (χ0n) is 13.8. The number of hydrogen-bond acceptors (Lipinski definition) is 3. The van der Waals surface area contributed by atoms with Gasteiger partial charge in [0.15, 0.2) is 5.78 Å². The third-order valence-electron chi connectivity index (χ3n) is 5.52. The van der Waals surface area contributed by atoms with Gasteiger partial charge in [-0.1, -0.05) is 31.2 Å². The Hall–Kier alpha value is -1.68. The molecule has 0 radical (unpaired) electrons. The number of Topliss-reactive ketones (excluding diaryl/α,β-unsaturated/α-hetero) is 1. The molecule has 124 valence electrons. The van der Waals surface area contributed by atoms with Crippen LogP contribution in [-0.4, -0.2) is 35.7 Å². The van der Waals surface area contributed by atoms with Gasteiger partial charge < -0.3 is 10.6 Å². The Kier molecular flexibility index (Phi) is 4.81. The molecule has 2 fully saturated rings. The quantitative estimate of drug-likeness (QED) is 0.849. The van der Waals surface area contributed by atoms with E-state index >= 15 is 0 Å². The van der Waals surface area contributed by atoms with Crippen LogP contribution < -0.4 is 5.73 Å². The lowest BCUT2D eigenvalue weighted by molar-refractivity contribution is -0.130. The van der Waals surface area contributed by atoms with Crippen molar-refractivity contribution in [3.63, 3.8) is 0 Å². The zero-order valence-corrected chi connectivity index (χ0v) is 13.8. The van der Waals surface area contributed by atoms with Crippen molar-refractivity contribution in [3.05, 3.63) is 35.4 Å². The van der Waals surface area contributed by atoms with E-state index in [-0.39, 0.29) is 17.7 Å². The van der Waals surface area contributed by atoms with Gasteiger partial charge in [0.1, 0.15) is 0 Å². The molecule has 0 bridgehead atoms. The molecule has 1 aliphatic carbocycles. The van der Waals surface area contributed by atoms with Crippen molar-refractivity contribution in [3.8, 4) is 0 Å². The summed E-state index contributed by atoms with van der Waals surface area (Å²) in [5.41, 5.74) is 8.04. The molecule has 0 aromatic heterocycles. The van der Waals surface area contributed by atoms with Crippen LogP contribution in [0.15, 0.2) is 24.3 Å². The topological polar surface area (TPSA) is 63.4 Å². The number of ketones is 1. The molecule has 3 rings (SSSR count). The number of aryl methyl sites for hydroxylation is 1. The van der Waals surface area contributed by atoms with E-state index in [9.17, 15) is 9.59 Å². The number of likely N-dealkylation sites (tertiary alicyclic amines) is 1. The van der Waals surface area contributed by atoms with E-state index in [1.165, 1.54) is 5.56 Å². The van der Waals surface area contributed by atoms with Crippen LogP contribution in [0.4, 0.5) is 0 Å². The van der Waals surface area contributed by atoms with Crippen LogP contribution >= 0.6 is 0 Å². The van der Waals surface area contributed by atoms with Crippen LogP contribution in [-0.2, 0) is 11.2 Å². The Morgan fingerprint density at radius 3 is 2.52 bits per heavy atom. The van der Waals surface area contributed by atoms with Crippen LogP contribution in [0.25, 0.3) is 0 Å². The molecule has 3 atom stereocenters. The Balaban J connectivity index is 1.50. The molecule has 1 saturated carbocycles. The summed E-state index contributed by atoms with van der Waals surface area (Å²) in [6.45, 7) is 3.70. The van der Waals surface area contributed by atoms with Crippen LogP contribution in [0.5, 0.6) is 0 Å². The number of rotatable bonds is 5. The van der Waals surface area contributed by atoms with E-state index in [1.54, 1.807) is 0 Å². The number of carbonyl (C=O) groups excluding carboxylic acids is 2. The van der Waals surface area contributed by atoms with Gasteiger partial charge in [-0.3, -0.25) is 9.59 Å². The molecule has 4 nitrogen and oxygen atoms in total. The van der Waals surface area contributed by atoms with Crippen molar-refractivity contribution in [1.29, 1.82) is 0 Å². The van der Waals surface area contributed by atoms with Crippen LogP contribution in [0.3, 0.4) is 0 Å². The first kappa shape index (κ1) is 16.2. The van der Waals surface area contributed by atoms with E-state index < -0.39 is 0 Å². The predicted molar refractivity (Wildman–Crippen MR) is 90.2 cm³/mol. The van der Waals surface area contributed by atoms with Crippen LogP contribution in [0.2, 0.25) is 0 Å². The van der Waals surface area contributed by atoms with Gasteiger partial charge in [-0.15, -0.1) is 0 Å². The molecule has 1 aliphatic heterocycles. The van der Waals surface area contributed by atoms with Crippen molar-refractivity contribution >= 4 is 11.7 Å². The molecule has 4 heteroatoms. The summed E-state index contributed by atoms with van der Waals surface area (Å²) in [4.78, 5) is 26.5. The van der Waals surface area contributed by atoms with Crippen LogP contribution in [0, 0.1) is 11.8 Å². The van der Waals surface area contributed by atoms with E-state index in [1.807, 2.05) is 29.2 Å². The van der Waals surface area contributed by atoms with Gasteiger partial charge in [0, 0.05) is 37.5 Å². The summed E-state index contributed by atoms with van der Waals surface area (Å²) in [5, 5.41) is 0. The summed E-state index contributed by atoms with van der Waals surface area (Å²) in [5.74, 6) is 1.20. The van der Waals surface area contributed by atoms with E-state index in [0.717, 1.165) is 32.4 Å². The highest BCUT2D eigenvalue weighted by atomic mass is 16.2. The lowest BCUT2D eigenvalue weighted by Gasteiger charge is -2.18. The number of amides is 1. The number of nitrogens with zero attached hydrogens (tertiary/aromatic N) is 1. The molecule has 1 amide bonds. The maximum atomic E-state index is 12.4. The molecule has 2 aliphatic rings. The maximum absolute atomic E-state index is 12.4. The Morgan fingerprint density at radius 1 is 1.13 bits per heavy atom. The summed E-state index contributed by atoms with van der Waals surface area (Å²) in [6, 6.07) is 7.95. The molecule has 1 aromatic carbocycles. The number of benzene rings is 1. The van der Waals surface area contributed by atoms with Gasteiger partial charge in [-0.05, 0) is 36.7 Å². The molecule has 1 saturated heterocycles. The maximum Gasteiger partial charge on any atom is 0.223 e. The fraction of sp³-hybridized carbons (Fsp3) is 0.579. The van der Waals surface area contributed by atoms with Gasteiger partial charge in [0.25, 0.3) is 0 Å². The molecule has 1 aromatic rings. The fourth-order valence-electron chi connectivity index (χ4n) is 3.96. The summed E-state index contributed by atoms with van der Waals surface area (Å²) < 4.78 is 0. The number of fused-ring (bicyclic) bond motifs is 1. The fourth-order valence-corrected chi connectivity index (χ4v) is 3.96. The Bertz CT molecular complexity index is 582. The zero-order chi connectivity index (χ0) is 16.4. The van der Waals surface area contributed by atoms with Crippen molar-refractivity contribution in [2.24, 2.45) is 17.6 Å². The first-order valence-corrected chi connectivity index (χ1v) is 8.74. The minimum Gasteiger partial charge on any atom is -0.342 e. The van der Waals surface area contributed by atoms with Crippen LogP contribution in [0.1, 0.15) is 48.5 Å². The van der Waals surface area contributed by atoms with Gasteiger partial charge in [0.05, 0.1) is 0 Å². The monoisotopic (exact) mass is 314 g/mol. The van der Waals surface area contributed by atoms with Gasteiger partial charge in [-0.25, -0.2) is 0 Å². The second-order valence-electron chi connectivity index (χ2n) is 6.94. The molecule has 0 spiro atoms. The Labute approximate surface area is 138 Å². The molecule has 2 N–H and O–H groups in total. The number of hydrogen-bond donors (Lipinski definition) is 1. The van der Waals surface area contributed by atoms with Crippen molar-refractivity contribution in [2.75, 3.05) is 13.1 Å². The first-order valence-electron chi connectivity index (χ1n) is 8.74. The van der Waals surface area contributed by atoms with Gasteiger partial charge in [0.2, 0.25) is 5.91 Å². The summed E-state index contributed by atoms with van der Waals surface area (Å²) in [7, 11) is 0. The summed E-state index contributed by atoms with van der Waals surface area (Å²) >= 11 is 0. The normalized spacial score (nSPS) is 26.3. The highest BCUT2D eigenvalue weighted by Crippen LogP contribution is 2.37. The predicted octanol–water partition coefficient (Wildman–Crippen LogP) is 2.41. The van der Waals surface area contributed by atoms with Crippen molar-refractivity contribution < 1.29 is 9.59 Å². The minimum absolute atomic E-state index is 0.0529. The van der Waals surface area contributed by atoms with Crippen molar-refractivity contribution in [2.45, 2.75) is 45.1 Å². The molecule has 1 heterocycles. The lowest BCUT2D eigenvalue weighted by atomic mass is 9.98. The third-order valence-corrected chi connectivity index (χ3v) is 5.52. The highest BCUT2D eigenvalue weighted by Gasteiger charge is 2.42. The Morgan fingerprint density at radius 2 is 1.87 bits per heavy atom. The molecule has 3 unspecified atom stereocenters. The average molecular weight is 314 g/mol. The van der Waals surface area contributed by atoms with E-state index in [0.29, 0.717) is 30.2 Å². The lowest BCUT2D eigenvalue weighted by Crippen LogP contribution is -2.33. The minimum atomic E-state index is 0.0529. The largest absolute Gasteiger partial charge is 0.342 e. The summed E-state index contributed by atoms with van der Waals surface area (Å²) in [6.07, 6.45) is 3.79. The number of carbonyl (C=O) groups is 2. The second kappa shape index (κ2) is 6.83. The molecular formula is C19H26N2O2. The van der Waals surface area contributed by atoms with Gasteiger partial charge >= 0.3 is 0 Å². The molecular weight excluding hydrogens is 288 g/mol.